The molecule has 30 heavy (non-hydrogen) atoms. The molecule has 1 fully saturated rings. The Bertz CT molecular complexity index is 1130. The van der Waals surface area contributed by atoms with E-state index in [4.69, 9.17) is 21.2 Å². The molecule has 2 aromatic carbocycles. The van der Waals surface area contributed by atoms with Crippen molar-refractivity contribution >= 4 is 38.7 Å². The highest BCUT2D eigenvalue weighted by Gasteiger charge is 2.31. The van der Waals surface area contributed by atoms with Crippen LogP contribution in [0.25, 0.3) is 0 Å². The number of anilines is 3. The fourth-order valence-corrected chi connectivity index (χ4v) is 4.75. The zero-order chi connectivity index (χ0) is 22.2. The maximum absolute atomic E-state index is 12.6. The number of halogens is 1. The third-order valence-electron chi connectivity index (χ3n) is 4.93. The number of phenolic OH excluding ortho intramolecular Hbond substituents is 1. The van der Waals surface area contributed by atoms with Crippen LogP contribution in [-0.2, 0) is 19.6 Å². The number of aromatic hydroxyl groups is 1. The Morgan fingerprint density at radius 3 is 2.53 bits per heavy atom. The van der Waals surface area contributed by atoms with E-state index in [1.54, 1.807) is 0 Å². The molecule has 1 aliphatic rings. The molecule has 10 nitrogen and oxygen atoms in total. The van der Waals surface area contributed by atoms with E-state index in [-0.39, 0.29) is 34.3 Å². The van der Waals surface area contributed by atoms with Crippen LogP contribution in [0.2, 0.25) is 5.02 Å². The highest BCUT2D eigenvalue weighted by Crippen LogP contribution is 2.39. The molecule has 0 aliphatic carbocycles. The molecular weight excluding hydrogens is 438 g/mol. The van der Waals surface area contributed by atoms with Gasteiger partial charge in [0, 0.05) is 13.6 Å². The van der Waals surface area contributed by atoms with Gasteiger partial charge >= 0.3 is 0 Å². The van der Waals surface area contributed by atoms with Gasteiger partial charge in [-0.05, 0) is 31.9 Å². The summed E-state index contributed by atoms with van der Waals surface area (Å²) in [6, 6.07) is 2.54. The summed E-state index contributed by atoms with van der Waals surface area (Å²) < 4.78 is 31.3. The monoisotopic (exact) mass is 459 g/mol. The molecule has 2 aromatic rings. The van der Waals surface area contributed by atoms with Crippen LogP contribution in [0.3, 0.4) is 0 Å². The number of nitrogens with zero attached hydrogens (tertiary/aromatic N) is 1. The van der Waals surface area contributed by atoms with Crippen molar-refractivity contribution < 1.29 is 23.1 Å². The molecule has 0 saturated carbocycles. The lowest BCUT2D eigenvalue weighted by Gasteiger charge is -2.20. The van der Waals surface area contributed by atoms with E-state index in [1.165, 1.54) is 12.1 Å². The molecule has 3 N–H and O–H groups in total. The smallest absolute Gasteiger partial charge is 0.269 e. The van der Waals surface area contributed by atoms with E-state index >= 15 is 0 Å². The Labute approximate surface area is 178 Å². The van der Waals surface area contributed by atoms with Crippen LogP contribution in [0, 0.1) is 0 Å². The maximum atomic E-state index is 12.6. The van der Waals surface area contributed by atoms with Crippen LogP contribution in [0.5, 0.6) is 5.75 Å². The first kappa shape index (κ1) is 22.5. The molecule has 3 rings (SSSR count). The minimum atomic E-state index is -4.27. The summed E-state index contributed by atoms with van der Waals surface area (Å²) in [7, 11) is -2.00. The summed E-state index contributed by atoms with van der Waals surface area (Å²) in [6.45, 7) is 2.30. The third-order valence-corrected chi connectivity index (χ3v) is 7.12. The van der Waals surface area contributed by atoms with Gasteiger partial charge in [0.2, 0.25) is 0 Å². The summed E-state index contributed by atoms with van der Waals surface area (Å²) in [4.78, 5) is 28.1. The molecular formula is C18H22ClN3O7S. The van der Waals surface area contributed by atoms with Gasteiger partial charge in [-0.15, -0.1) is 0 Å². The zero-order valence-electron chi connectivity index (χ0n) is 16.6. The van der Waals surface area contributed by atoms with Gasteiger partial charge in [0.1, 0.15) is 16.3 Å². The van der Waals surface area contributed by atoms with Crippen molar-refractivity contribution in [2.24, 2.45) is 0 Å². The van der Waals surface area contributed by atoms with Crippen molar-refractivity contribution in [3.05, 3.63) is 37.6 Å². The third kappa shape index (κ3) is 4.03. The number of rotatable bonds is 8. The quantitative estimate of drug-likeness (QED) is 0.305. The van der Waals surface area contributed by atoms with Crippen LogP contribution in [-0.4, -0.2) is 50.9 Å². The topological polar surface area (TPSA) is 134 Å². The average Bonchev–Trinajstić information content (AvgIpc) is 3.12. The van der Waals surface area contributed by atoms with Crippen molar-refractivity contribution in [3.8, 4) is 5.75 Å². The maximum Gasteiger partial charge on any atom is 0.269 e. The lowest BCUT2D eigenvalue weighted by molar-refractivity contribution is -0.0259. The molecule has 12 heteroatoms. The fraction of sp³-hybridized carbons (Fsp3) is 0.444. The van der Waals surface area contributed by atoms with Crippen LogP contribution in [0.4, 0.5) is 17.1 Å². The minimum absolute atomic E-state index is 0.0518. The number of nitrogens with one attached hydrogen (secondary N) is 2. The predicted octanol–water partition coefficient (Wildman–Crippen LogP) is 1.55. The first-order valence-corrected chi connectivity index (χ1v) is 10.9. The molecule has 0 aromatic heterocycles. The van der Waals surface area contributed by atoms with E-state index in [0.29, 0.717) is 11.0 Å². The molecule has 1 saturated heterocycles. The summed E-state index contributed by atoms with van der Waals surface area (Å²) in [5.41, 5.74) is -1.62. The Morgan fingerprint density at radius 2 is 1.93 bits per heavy atom. The molecule has 164 valence electrons. The van der Waals surface area contributed by atoms with E-state index in [2.05, 4.69) is 10.6 Å². The molecule has 1 heterocycles. The standard InChI is InChI=1S/C18H22ClN3O7S/c1-9-4-5-10(29-9)8-20-13-14(17(25)16(13)24)21-12-7-6-11(19)18(15(12)23)30(26,27)22(2)28-3/h6-7,9-10,20-21,23H,4-5,8H2,1-3H3/t9?,10-/m1/s1. The summed E-state index contributed by atoms with van der Waals surface area (Å²) >= 11 is 5.98. The second-order valence-electron chi connectivity index (χ2n) is 6.93. The number of benzene rings is 1. The van der Waals surface area contributed by atoms with Crippen LogP contribution < -0.4 is 21.5 Å². The van der Waals surface area contributed by atoms with Gasteiger partial charge in [-0.2, -0.15) is 0 Å². The highest BCUT2D eigenvalue weighted by molar-refractivity contribution is 7.89. The summed E-state index contributed by atoms with van der Waals surface area (Å²) in [6.07, 6.45) is 1.80. The fourth-order valence-electron chi connectivity index (χ4n) is 3.18. The number of hydroxylamine groups is 1. The van der Waals surface area contributed by atoms with E-state index in [0.717, 1.165) is 27.0 Å². The number of ether oxygens (including phenoxy) is 1. The normalized spacial score (nSPS) is 19.5. The predicted molar refractivity (Wildman–Crippen MR) is 112 cm³/mol. The van der Waals surface area contributed by atoms with Gasteiger partial charge in [0.15, 0.2) is 5.75 Å². The van der Waals surface area contributed by atoms with Crippen molar-refractivity contribution in [1.82, 2.24) is 4.47 Å². The van der Waals surface area contributed by atoms with E-state index < -0.39 is 31.5 Å². The Balaban J connectivity index is 1.88. The zero-order valence-corrected chi connectivity index (χ0v) is 18.1. The molecule has 0 spiro atoms. The first-order chi connectivity index (χ1) is 14.1. The largest absolute Gasteiger partial charge is 0.504 e. The van der Waals surface area contributed by atoms with Crippen molar-refractivity contribution in [2.45, 2.75) is 36.9 Å². The van der Waals surface area contributed by atoms with Crippen molar-refractivity contribution in [2.75, 3.05) is 31.3 Å². The van der Waals surface area contributed by atoms with E-state index in [9.17, 15) is 23.1 Å². The number of phenols is 1. The number of sulfonamides is 1. The first-order valence-electron chi connectivity index (χ1n) is 9.12. The minimum Gasteiger partial charge on any atom is -0.504 e. The Hall–Kier alpha value is -2.18. The molecule has 1 unspecified atom stereocenters. The summed E-state index contributed by atoms with van der Waals surface area (Å²) in [5.74, 6) is -0.710. The van der Waals surface area contributed by atoms with Crippen LogP contribution in [0.15, 0.2) is 26.6 Å². The van der Waals surface area contributed by atoms with Crippen molar-refractivity contribution in [1.29, 1.82) is 0 Å². The summed E-state index contributed by atoms with van der Waals surface area (Å²) in [5, 5.41) is 15.8. The van der Waals surface area contributed by atoms with Gasteiger partial charge in [-0.1, -0.05) is 16.1 Å². The van der Waals surface area contributed by atoms with E-state index in [1.807, 2.05) is 6.92 Å². The lowest BCUT2D eigenvalue weighted by Crippen LogP contribution is -2.38. The number of hydrogen-bond acceptors (Lipinski definition) is 9. The Morgan fingerprint density at radius 1 is 1.27 bits per heavy atom. The van der Waals surface area contributed by atoms with Gasteiger partial charge in [-0.3, -0.25) is 14.4 Å². The lowest BCUT2D eigenvalue weighted by atomic mass is 10.1. The van der Waals surface area contributed by atoms with Crippen molar-refractivity contribution in [3.63, 3.8) is 0 Å². The van der Waals surface area contributed by atoms with Gasteiger partial charge < -0.3 is 20.5 Å². The average molecular weight is 460 g/mol. The molecule has 0 radical (unpaired) electrons. The van der Waals surface area contributed by atoms with Gasteiger partial charge in [0.25, 0.3) is 20.9 Å². The highest BCUT2D eigenvalue weighted by atomic mass is 35.5. The van der Waals surface area contributed by atoms with Crippen LogP contribution in [0.1, 0.15) is 19.8 Å². The molecule has 1 aliphatic heterocycles. The van der Waals surface area contributed by atoms with Gasteiger partial charge in [-0.25, -0.2) is 8.42 Å². The Kier molecular flexibility index (Phi) is 6.39. The molecule has 2 atom stereocenters. The van der Waals surface area contributed by atoms with Crippen LogP contribution >= 0.6 is 11.6 Å². The molecule has 0 amide bonds. The second-order valence-corrected chi connectivity index (χ2v) is 9.21. The second kappa shape index (κ2) is 8.52. The van der Waals surface area contributed by atoms with Gasteiger partial charge in [0.05, 0.1) is 30.0 Å². The molecule has 0 bridgehead atoms. The number of hydrogen-bond donors (Lipinski definition) is 3. The SMILES string of the molecule is CON(C)S(=O)(=O)c1c(Cl)ccc(Nc2c(NC[C@H]3CCC(C)O3)c(=O)c2=O)c1O.